The van der Waals surface area contributed by atoms with Gasteiger partial charge in [-0.25, -0.2) is 9.97 Å². The maximum atomic E-state index is 12.7. The maximum Gasteiger partial charge on any atom is 0.267 e. The number of nitrogens with zero attached hydrogens (tertiary/aromatic N) is 3. The van der Waals surface area contributed by atoms with E-state index in [1.54, 1.807) is 49.5 Å². The summed E-state index contributed by atoms with van der Waals surface area (Å²) in [7, 11) is 0. The highest BCUT2D eigenvalue weighted by Gasteiger charge is 2.20. The van der Waals surface area contributed by atoms with Gasteiger partial charge in [0.25, 0.3) is 11.5 Å². The van der Waals surface area contributed by atoms with Gasteiger partial charge in [0.2, 0.25) is 0 Å². The molecule has 130 valence electrons. The molecule has 0 bridgehead atoms. The predicted molar refractivity (Wildman–Crippen MR) is 96.8 cm³/mol. The van der Waals surface area contributed by atoms with E-state index < -0.39 is 17.2 Å². The van der Waals surface area contributed by atoms with Gasteiger partial charge in [0.1, 0.15) is 11.6 Å². The molecular formula is C19H16N4O3. The zero-order valence-electron chi connectivity index (χ0n) is 14.3. The summed E-state index contributed by atoms with van der Waals surface area (Å²) in [6.07, 6.45) is 3.09. The first-order valence-corrected chi connectivity index (χ1v) is 7.90. The highest BCUT2D eigenvalue weighted by molar-refractivity contribution is 6.06. The molecule has 0 atom stereocenters. The Labute approximate surface area is 149 Å². The van der Waals surface area contributed by atoms with Crippen molar-refractivity contribution in [2.45, 2.75) is 13.8 Å². The number of anilines is 1. The lowest BCUT2D eigenvalue weighted by atomic mass is 10.1. The topological polar surface area (TPSA) is 93.9 Å². The Morgan fingerprint density at radius 2 is 1.69 bits per heavy atom. The molecule has 1 N–H and O–H groups in total. The lowest BCUT2D eigenvalue weighted by molar-refractivity contribution is 0.101. The van der Waals surface area contributed by atoms with Gasteiger partial charge in [0.05, 0.1) is 11.1 Å². The number of hydrogen-bond acceptors (Lipinski definition) is 5. The molecule has 0 spiro atoms. The first-order valence-electron chi connectivity index (χ1n) is 7.90. The molecule has 0 aliphatic carbocycles. The highest BCUT2D eigenvalue weighted by atomic mass is 16.2. The van der Waals surface area contributed by atoms with Gasteiger partial charge in [-0.1, -0.05) is 12.1 Å². The molecular weight excluding hydrogens is 332 g/mol. The number of hydrogen-bond donors (Lipinski definition) is 1. The van der Waals surface area contributed by atoms with Crippen molar-refractivity contribution in [3.63, 3.8) is 0 Å². The third kappa shape index (κ3) is 3.27. The van der Waals surface area contributed by atoms with Crippen molar-refractivity contribution in [2.24, 2.45) is 0 Å². The molecule has 0 aliphatic rings. The van der Waals surface area contributed by atoms with Crippen LogP contribution in [0.1, 0.15) is 33.3 Å². The van der Waals surface area contributed by atoms with Gasteiger partial charge in [-0.15, -0.1) is 0 Å². The minimum Gasteiger partial charge on any atom is -0.307 e. The van der Waals surface area contributed by atoms with Crippen LogP contribution in [0.4, 0.5) is 5.82 Å². The predicted octanol–water partition coefficient (Wildman–Crippen LogP) is 2.39. The quantitative estimate of drug-likeness (QED) is 0.731. The third-order valence-electron chi connectivity index (χ3n) is 3.86. The molecule has 1 amide bonds. The monoisotopic (exact) mass is 348 g/mol. The van der Waals surface area contributed by atoms with Crippen LogP contribution >= 0.6 is 0 Å². The average Bonchev–Trinajstić information content (AvgIpc) is 2.63. The molecule has 0 saturated carbocycles. The lowest BCUT2D eigenvalue weighted by Gasteiger charge is -2.15. The molecule has 7 heteroatoms. The second kappa shape index (κ2) is 7.10. The van der Waals surface area contributed by atoms with Crippen LogP contribution < -0.4 is 10.9 Å². The summed E-state index contributed by atoms with van der Waals surface area (Å²) in [4.78, 5) is 45.6. The fourth-order valence-electron chi connectivity index (χ4n) is 2.57. The van der Waals surface area contributed by atoms with Crippen LogP contribution in [0.25, 0.3) is 5.82 Å². The summed E-state index contributed by atoms with van der Waals surface area (Å²) in [5.41, 5.74) is -0.00579. The minimum atomic E-state index is -0.511. The van der Waals surface area contributed by atoms with Gasteiger partial charge in [-0.05, 0) is 44.2 Å². The fourth-order valence-corrected chi connectivity index (χ4v) is 2.57. The molecule has 3 aromatic rings. The van der Waals surface area contributed by atoms with E-state index in [4.69, 9.17) is 0 Å². The number of pyridine rings is 3. The van der Waals surface area contributed by atoms with E-state index in [1.807, 2.05) is 0 Å². The van der Waals surface area contributed by atoms with E-state index in [1.165, 1.54) is 23.8 Å². The Hall–Kier alpha value is -3.61. The molecule has 0 aliphatic heterocycles. The van der Waals surface area contributed by atoms with Crippen molar-refractivity contribution < 1.29 is 9.59 Å². The molecule has 3 heterocycles. The van der Waals surface area contributed by atoms with Crippen molar-refractivity contribution >= 4 is 17.5 Å². The Balaban J connectivity index is 2.17. The van der Waals surface area contributed by atoms with Crippen LogP contribution in [-0.2, 0) is 0 Å². The van der Waals surface area contributed by atoms with Crippen LogP contribution in [0.3, 0.4) is 0 Å². The normalized spacial score (nSPS) is 10.4. The number of Topliss-reactive ketones (excluding diaryl/α,β-unsaturated/α-hetero) is 1. The third-order valence-corrected chi connectivity index (χ3v) is 3.86. The van der Waals surface area contributed by atoms with Crippen LogP contribution in [0.5, 0.6) is 0 Å². The van der Waals surface area contributed by atoms with Gasteiger partial charge >= 0.3 is 0 Å². The van der Waals surface area contributed by atoms with Crippen LogP contribution in [0.2, 0.25) is 0 Å². The SMILES string of the molecule is CC(=O)c1cc(C(=O)Nc2ccccn2)c(C)n(-c2ccccn2)c1=O. The molecule has 0 unspecified atom stereocenters. The summed E-state index contributed by atoms with van der Waals surface area (Å²) >= 11 is 0. The highest BCUT2D eigenvalue weighted by Crippen LogP contribution is 2.15. The van der Waals surface area contributed by atoms with Gasteiger partial charge in [-0.2, -0.15) is 0 Å². The maximum absolute atomic E-state index is 12.7. The molecule has 0 aromatic carbocycles. The van der Waals surface area contributed by atoms with Crippen molar-refractivity contribution in [3.05, 3.63) is 82.0 Å². The first-order chi connectivity index (χ1) is 12.5. The van der Waals surface area contributed by atoms with E-state index in [2.05, 4.69) is 15.3 Å². The molecule has 26 heavy (non-hydrogen) atoms. The van der Waals surface area contributed by atoms with E-state index >= 15 is 0 Å². The molecule has 0 saturated heterocycles. The first kappa shape index (κ1) is 17.2. The molecule has 0 radical (unpaired) electrons. The Bertz CT molecular complexity index is 1030. The lowest BCUT2D eigenvalue weighted by Crippen LogP contribution is -2.30. The number of nitrogens with one attached hydrogen (secondary N) is 1. The van der Waals surface area contributed by atoms with Crippen molar-refractivity contribution in [3.8, 4) is 5.82 Å². The standard InChI is InChI=1S/C19H16N4O3/c1-12-14(18(25)22-16-7-3-5-9-20-16)11-15(13(2)24)19(26)23(12)17-8-4-6-10-21-17/h3-11H,1-2H3,(H,20,22,25). The van der Waals surface area contributed by atoms with Crippen LogP contribution in [0, 0.1) is 6.92 Å². The smallest absolute Gasteiger partial charge is 0.267 e. The van der Waals surface area contributed by atoms with Crippen molar-refractivity contribution in [1.82, 2.24) is 14.5 Å². The summed E-state index contributed by atoms with van der Waals surface area (Å²) in [6.45, 7) is 2.92. The fraction of sp³-hybridized carbons (Fsp3) is 0.105. The zero-order chi connectivity index (χ0) is 18.7. The van der Waals surface area contributed by atoms with E-state index in [9.17, 15) is 14.4 Å². The molecule has 3 aromatic heterocycles. The number of aromatic nitrogens is 3. The summed E-state index contributed by atoms with van der Waals surface area (Å²) < 4.78 is 1.27. The number of ketones is 1. The Morgan fingerprint density at radius 1 is 1.00 bits per heavy atom. The van der Waals surface area contributed by atoms with Crippen LogP contribution in [-0.4, -0.2) is 26.2 Å². The largest absolute Gasteiger partial charge is 0.307 e. The number of carbonyl (C=O) groups excluding carboxylic acids is 2. The van der Waals surface area contributed by atoms with Gasteiger partial charge in [0.15, 0.2) is 5.78 Å². The molecule has 7 nitrogen and oxygen atoms in total. The number of amides is 1. The number of carbonyl (C=O) groups is 2. The van der Waals surface area contributed by atoms with Crippen molar-refractivity contribution in [1.29, 1.82) is 0 Å². The summed E-state index contributed by atoms with van der Waals surface area (Å²) in [5.74, 6) is -0.179. The molecule has 0 fully saturated rings. The second-order valence-electron chi connectivity index (χ2n) is 5.61. The molecule has 3 rings (SSSR count). The van der Waals surface area contributed by atoms with E-state index in [-0.39, 0.29) is 11.1 Å². The second-order valence-corrected chi connectivity index (χ2v) is 5.61. The minimum absolute atomic E-state index is 0.0765. The Kier molecular flexibility index (Phi) is 4.70. The van der Waals surface area contributed by atoms with Crippen LogP contribution in [0.15, 0.2) is 59.7 Å². The van der Waals surface area contributed by atoms with Gasteiger partial charge in [-0.3, -0.25) is 19.0 Å². The van der Waals surface area contributed by atoms with E-state index in [0.717, 1.165) is 0 Å². The zero-order valence-corrected chi connectivity index (χ0v) is 14.3. The average molecular weight is 348 g/mol. The summed E-state index contributed by atoms with van der Waals surface area (Å²) in [5, 5.41) is 2.67. The van der Waals surface area contributed by atoms with E-state index in [0.29, 0.717) is 17.3 Å². The van der Waals surface area contributed by atoms with Gasteiger partial charge in [0, 0.05) is 18.1 Å². The summed E-state index contributed by atoms with van der Waals surface area (Å²) in [6, 6.07) is 11.5. The van der Waals surface area contributed by atoms with Crippen molar-refractivity contribution in [2.75, 3.05) is 5.32 Å². The number of rotatable bonds is 4. The Morgan fingerprint density at radius 3 is 2.27 bits per heavy atom. The van der Waals surface area contributed by atoms with Gasteiger partial charge < -0.3 is 5.32 Å².